The maximum atomic E-state index is 13.0. The minimum Gasteiger partial charge on any atom is -0.459 e. The van der Waals surface area contributed by atoms with Gasteiger partial charge in [-0.05, 0) is 41.0 Å². The van der Waals surface area contributed by atoms with Crippen molar-refractivity contribution in [1.29, 1.82) is 0 Å². The maximum Gasteiger partial charge on any atom is 0.408 e. The molecule has 1 heterocycles. The van der Waals surface area contributed by atoms with E-state index in [1.54, 1.807) is 36.4 Å². The fourth-order valence-electron chi connectivity index (χ4n) is 3.58. The molecule has 188 valence electrons. The number of hydrogen-bond donors (Lipinski definition) is 3. The number of benzene rings is 3. The number of rotatable bonds is 10. The van der Waals surface area contributed by atoms with E-state index in [-0.39, 0.29) is 30.7 Å². The molecule has 4 aromatic rings. The van der Waals surface area contributed by atoms with E-state index in [1.165, 1.54) is 6.26 Å². The topological polar surface area (TPSA) is 110 Å². The van der Waals surface area contributed by atoms with Crippen molar-refractivity contribution in [3.05, 3.63) is 126 Å². The van der Waals surface area contributed by atoms with Crippen molar-refractivity contribution in [1.82, 2.24) is 10.6 Å². The third kappa shape index (κ3) is 7.83. The van der Waals surface area contributed by atoms with Crippen LogP contribution in [0.3, 0.4) is 0 Å². The van der Waals surface area contributed by atoms with Crippen LogP contribution >= 0.6 is 0 Å². The van der Waals surface area contributed by atoms with Crippen molar-refractivity contribution >= 4 is 23.6 Å². The Hall–Kier alpha value is -4.85. The summed E-state index contributed by atoms with van der Waals surface area (Å²) in [5, 5.41) is 8.30. The molecule has 3 aromatic carbocycles. The summed E-state index contributed by atoms with van der Waals surface area (Å²) in [6, 6.07) is 28.2. The highest BCUT2D eigenvalue weighted by Crippen LogP contribution is 2.12. The van der Waals surface area contributed by atoms with Gasteiger partial charge in [-0.3, -0.25) is 9.59 Å². The standard InChI is InChI=1S/C29H27N3O5/c33-27(30-19-22-13-15-24(16-14-22)31-28(34)26-12-7-17-36-26)25(18-21-8-3-1-4-9-21)32-29(35)37-20-23-10-5-2-6-11-23/h1-17,25H,18-20H2,(H,30,33)(H,31,34)(H,32,35)/t25-/m0/s1. The van der Waals surface area contributed by atoms with E-state index in [1.807, 2.05) is 60.7 Å². The van der Waals surface area contributed by atoms with Crippen molar-refractivity contribution in [3.63, 3.8) is 0 Å². The van der Waals surface area contributed by atoms with Gasteiger partial charge in [0.1, 0.15) is 12.6 Å². The SMILES string of the molecule is O=C(N[C@@H](Cc1ccccc1)C(=O)NCc1ccc(NC(=O)c2ccco2)cc1)OCc1ccccc1. The maximum absolute atomic E-state index is 13.0. The summed E-state index contributed by atoms with van der Waals surface area (Å²) in [6.45, 7) is 0.354. The molecule has 0 radical (unpaired) electrons. The lowest BCUT2D eigenvalue weighted by molar-refractivity contribution is -0.123. The van der Waals surface area contributed by atoms with E-state index in [0.29, 0.717) is 12.1 Å². The molecule has 1 atom stereocenters. The molecule has 3 N–H and O–H groups in total. The van der Waals surface area contributed by atoms with Crippen LogP contribution in [-0.4, -0.2) is 23.9 Å². The molecular formula is C29H27N3O5. The Bertz CT molecular complexity index is 1290. The molecule has 0 aliphatic rings. The molecule has 4 rings (SSSR count). The van der Waals surface area contributed by atoms with Crippen LogP contribution in [0.2, 0.25) is 0 Å². The number of amides is 3. The number of alkyl carbamates (subject to hydrolysis) is 1. The van der Waals surface area contributed by atoms with E-state index in [4.69, 9.17) is 9.15 Å². The van der Waals surface area contributed by atoms with E-state index in [0.717, 1.165) is 16.7 Å². The summed E-state index contributed by atoms with van der Waals surface area (Å²) in [5.41, 5.74) is 3.18. The van der Waals surface area contributed by atoms with Gasteiger partial charge in [-0.1, -0.05) is 72.8 Å². The van der Waals surface area contributed by atoms with Gasteiger partial charge in [0, 0.05) is 18.7 Å². The van der Waals surface area contributed by atoms with Crippen molar-refractivity contribution in [3.8, 4) is 0 Å². The van der Waals surface area contributed by atoms with Gasteiger partial charge in [0.2, 0.25) is 5.91 Å². The molecule has 8 heteroatoms. The van der Waals surface area contributed by atoms with Crippen molar-refractivity contribution in [2.75, 3.05) is 5.32 Å². The second-order valence-electron chi connectivity index (χ2n) is 8.29. The minimum atomic E-state index is -0.822. The normalized spacial score (nSPS) is 11.2. The number of hydrogen-bond acceptors (Lipinski definition) is 5. The number of furan rings is 1. The monoisotopic (exact) mass is 497 g/mol. The summed E-state index contributed by atoms with van der Waals surface area (Å²) in [5.74, 6) is -0.466. The molecular weight excluding hydrogens is 470 g/mol. The molecule has 8 nitrogen and oxygen atoms in total. The summed E-state index contributed by atoms with van der Waals surface area (Å²) in [6.07, 6.45) is 1.07. The molecule has 0 unspecified atom stereocenters. The molecule has 0 saturated carbocycles. The summed E-state index contributed by atoms with van der Waals surface area (Å²) in [4.78, 5) is 37.6. The lowest BCUT2D eigenvalue weighted by Gasteiger charge is -2.19. The molecule has 1 aromatic heterocycles. The highest BCUT2D eigenvalue weighted by Gasteiger charge is 2.22. The highest BCUT2D eigenvalue weighted by molar-refractivity contribution is 6.02. The smallest absolute Gasteiger partial charge is 0.408 e. The minimum absolute atomic E-state index is 0.106. The molecule has 37 heavy (non-hydrogen) atoms. The van der Waals surface area contributed by atoms with E-state index in [2.05, 4.69) is 16.0 Å². The fourth-order valence-corrected chi connectivity index (χ4v) is 3.58. The van der Waals surface area contributed by atoms with Gasteiger partial charge in [0.15, 0.2) is 5.76 Å². The molecule has 0 aliphatic carbocycles. The van der Waals surface area contributed by atoms with Gasteiger partial charge in [-0.15, -0.1) is 0 Å². The van der Waals surface area contributed by atoms with Gasteiger partial charge in [0.05, 0.1) is 6.26 Å². The molecule has 0 bridgehead atoms. The van der Waals surface area contributed by atoms with Crippen LogP contribution in [0.1, 0.15) is 27.2 Å². The van der Waals surface area contributed by atoms with Crippen LogP contribution in [0.25, 0.3) is 0 Å². The average Bonchev–Trinajstić information content (AvgIpc) is 3.48. The Morgan fingerprint density at radius 2 is 1.43 bits per heavy atom. The van der Waals surface area contributed by atoms with Crippen LogP contribution in [0.5, 0.6) is 0 Å². The van der Waals surface area contributed by atoms with Gasteiger partial charge in [-0.25, -0.2) is 4.79 Å². The van der Waals surface area contributed by atoms with Crippen LogP contribution in [-0.2, 0) is 29.1 Å². The second-order valence-corrected chi connectivity index (χ2v) is 8.29. The lowest BCUT2D eigenvalue weighted by Crippen LogP contribution is -2.48. The van der Waals surface area contributed by atoms with Gasteiger partial charge in [0.25, 0.3) is 5.91 Å². The summed E-state index contributed by atoms with van der Waals surface area (Å²) >= 11 is 0. The van der Waals surface area contributed by atoms with Crippen LogP contribution < -0.4 is 16.0 Å². The average molecular weight is 498 g/mol. The van der Waals surface area contributed by atoms with E-state index < -0.39 is 12.1 Å². The molecule has 3 amide bonds. The summed E-state index contributed by atoms with van der Waals surface area (Å²) in [7, 11) is 0. The number of nitrogens with one attached hydrogen (secondary N) is 3. The first kappa shape index (κ1) is 25.2. The lowest BCUT2D eigenvalue weighted by atomic mass is 10.1. The molecule has 0 aliphatic heterocycles. The highest BCUT2D eigenvalue weighted by atomic mass is 16.5. The Morgan fingerprint density at radius 1 is 0.757 bits per heavy atom. The zero-order valence-electron chi connectivity index (χ0n) is 20.1. The van der Waals surface area contributed by atoms with E-state index >= 15 is 0 Å². The third-order valence-electron chi connectivity index (χ3n) is 5.53. The fraction of sp³-hybridized carbons (Fsp3) is 0.138. The first-order valence-electron chi connectivity index (χ1n) is 11.8. The third-order valence-corrected chi connectivity index (χ3v) is 5.53. The van der Waals surface area contributed by atoms with Crippen LogP contribution in [0, 0.1) is 0 Å². The van der Waals surface area contributed by atoms with Crippen molar-refractivity contribution < 1.29 is 23.5 Å². The summed E-state index contributed by atoms with van der Waals surface area (Å²) < 4.78 is 10.4. The predicted molar refractivity (Wildman–Crippen MR) is 139 cm³/mol. The Kier molecular flexibility index (Phi) is 8.69. The number of carbonyl (C=O) groups excluding carboxylic acids is 3. The zero-order valence-corrected chi connectivity index (χ0v) is 20.1. The first-order chi connectivity index (χ1) is 18.1. The largest absolute Gasteiger partial charge is 0.459 e. The van der Waals surface area contributed by atoms with Crippen molar-refractivity contribution in [2.45, 2.75) is 25.6 Å². The van der Waals surface area contributed by atoms with Crippen molar-refractivity contribution in [2.24, 2.45) is 0 Å². The molecule has 0 fully saturated rings. The Labute approximate surface area is 214 Å². The Morgan fingerprint density at radius 3 is 2.08 bits per heavy atom. The van der Waals surface area contributed by atoms with Gasteiger partial charge < -0.3 is 25.1 Å². The quantitative estimate of drug-likeness (QED) is 0.295. The molecule has 0 spiro atoms. The van der Waals surface area contributed by atoms with E-state index in [9.17, 15) is 14.4 Å². The predicted octanol–water partition coefficient (Wildman–Crippen LogP) is 4.69. The van der Waals surface area contributed by atoms with Gasteiger partial charge in [-0.2, -0.15) is 0 Å². The number of carbonyl (C=O) groups is 3. The zero-order chi connectivity index (χ0) is 25.9. The number of ether oxygens (including phenoxy) is 1. The second kappa shape index (κ2) is 12.7. The van der Waals surface area contributed by atoms with Crippen LogP contribution in [0.15, 0.2) is 108 Å². The van der Waals surface area contributed by atoms with Gasteiger partial charge >= 0.3 is 6.09 Å². The number of anilines is 1. The Balaban J connectivity index is 1.33. The van der Waals surface area contributed by atoms with Crippen LogP contribution in [0.4, 0.5) is 10.5 Å². The first-order valence-corrected chi connectivity index (χ1v) is 11.8. The molecule has 0 saturated heterocycles.